The maximum Gasteiger partial charge on any atom is 0.410 e. The van der Waals surface area contributed by atoms with Gasteiger partial charge in [-0.25, -0.2) is 9.78 Å². The lowest BCUT2D eigenvalue weighted by molar-refractivity contribution is 0.0158. The van der Waals surface area contributed by atoms with E-state index in [0.29, 0.717) is 6.54 Å². The predicted molar refractivity (Wildman–Crippen MR) is 90.7 cm³/mol. The van der Waals surface area contributed by atoms with Gasteiger partial charge in [0.2, 0.25) is 5.95 Å². The topological polar surface area (TPSA) is 61.5 Å². The zero-order valence-corrected chi connectivity index (χ0v) is 14.2. The molecule has 1 aromatic heterocycles. The number of aromatic nitrogens is 2. The molecule has 1 atom stereocenters. The molecular formula is C17H24N4O2. The van der Waals surface area contributed by atoms with Crippen LogP contribution in [0.1, 0.15) is 27.7 Å². The summed E-state index contributed by atoms with van der Waals surface area (Å²) in [5.41, 5.74) is 1.53. The van der Waals surface area contributed by atoms with Gasteiger partial charge in [0.15, 0.2) is 0 Å². The van der Waals surface area contributed by atoms with Gasteiger partial charge < -0.3 is 19.5 Å². The van der Waals surface area contributed by atoms with Crippen LogP contribution in [0.5, 0.6) is 0 Å². The first-order valence-electron chi connectivity index (χ1n) is 8.03. The third-order valence-electron chi connectivity index (χ3n) is 3.93. The molecule has 3 rings (SSSR count). The molecule has 0 unspecified atom stereocenters. The minimum absolute atomic E-state index is 0.0758. The molecule has 6 nitrogen and oxygen atoms in total. The van der Waals surface area contributed by atoms with Gasteiger partial charge in [-0.05, 0) is 39.8 Å². The van der Waals surface area contributed by atoms with Crippen molar-refractivity contribution >= 4 is 23.1 Å². The molecule has 1 aliphatic heterocycles. The molecule has 0 spiro atoms. The van der Waals surface area contributed by atoms with Crippen molar-refractivity contribution in [3.05, 3.63) is 24.3 Å². The number of imidazole rings is 1. The summed E-state index contributed by atoms with van der Waals surface area (Å²) in [7, 11) is 0. The second-order valence-electron chi connectivity index (χ2n) is 7.05. The van der Waals surface area contributed by atoms with Gasteiger partial charge in [-0.1, -0.05) is 12.1 Å². The zero-order valence-electron chi connectivity index (χ0n) is 14.2. The Labute approximate surface area is 136 Å². The summed E-state index contributed by atoms with van der Waals surface area (Å²) in [6.07, 6.45) is -0.241. The van der Waals surface area contributed by atoms with Crippen molar-refractivity contribution in [1.29, 1.82) is 0 Å². The summed E-state index contributed by atoms with van der Waals surface area (Å²) in [5.74, 6) is 0.863. The third-order valence-corrected chi connectivity index (χ3v) is 3.93. The lowest BCUT2D eigenvalue weighted by Gasteiger charge is -2.40. The number of piperazine rings is 1. The van der Waals surface area contributed by atoms with Crippen molar-refractivity contribution in [3.8, 4) is 0 Å². The van der Waals surface area contributed by atoms with Crippen LogP contribution >= 0.6 is 0 Å². The monoisotopic (exact) mass is 316 g/mol. The van der Waals surface area contributed by atoms with Crippen LogP contribution in [-0.2, 0) is 4.74 Å². The van der Waals surface area contributed by atoms with Crippen molar-refractivity contribution in [1.82, 2.24) is 14.9 Å². The third kappa shape index (κ3) is 3.41. The standard InChI is InChI=1S/C17H24N4O2/c1-12-11-20(9-10-21(12)16(22)23-17(2,3)4)15-18-13-7-5-6-8-14(13)19-15/h5-8,12H,9-11H2,1-4H3,(H,18,19)/t12-/m1/s1. The normalized spacial score (nSPS) is 19.2. The molecule has 2 heterocycles. The molecule has 0 radical (unpaired) electrons. The highest BCUT2D eigenvalue weighted by atomic mass is 16.6. The highest BCUT2D eigenvalue weighted by Gasteiger charge is 2.31. The molecule has 1 fully saturated rings. The molecule has 1 N–H and O–H groups in total. The number of nitrogens with one attached hydrogen (secondary N) is 1. The van der Waals surface area contributed by atoms with Crippen LogP contribution in [0.25, 0.3) is 11.0 Å². The van der Waals surface area contributed by atoms with Crippen LogP contribution in [0.15, 0.2) is 24.3 Å². The van der Waals surface area contributed by atoms with E-state index < -0.39 is 5.60 Å². The number of hydrogen-bond donors (Lipinski definition) is 1. The number of rotatable bonds is 1. The largest absolute Gasteiger partial charge is 0.444 e. The van der Waals surface area contributed by atoms with Gasteiger partial charge in [0.05, 0.1) is 11.0 Å². The molecule has 2 aromatic rings. The molecular weight excluding hydrogens is 292 g/mol. The second-order valence-corrected chi connectivity index (χ2v) is 7.05. The summed E-state index contributed by atoms with van der Waals surface area (Å²) in [5, 5.41) is 0. The fourth-order valence-corrected chi connectivity index (χ4v) is 2.83. The number of amides is 1. The number of carbonyl (C=O) groups excluding carboxylic acids is 1. The molecule has 1 saturated heterocycles. The van der Waals surface area contributed by atoms with E-state index in [1.54, 1.807) is 4.90 Å². The lowest BCUT2D eigenvalue weighted by Crippen LogP contribution is -2.55. The van der Waals surface area contributed by atoms with Gasteiger partial charge >= 0.3 is 6.09 Å². The number of carbonyl (C=O) groups is 1. The van der Waals surface area contributed by atoms with Gasteiger partial charge in [-0.15, -0.1) is 0 Å². The van der Waals surface area contributed by atoms with E-state index in [2.05, 4.69) is 14.9 Å². The van der Waals surface area contributed by atoms with Crippen molar-refractivity contribution in [2.45, 2.75) is 39.3 Å². The second kappa shape index (κ2) is 5.76. The summed E-state index contributed by atoms with van der Waals surface area (Å²) in [6, 6.07) is 8.07. The molecule has 1 aliphatic rings. The Hall–Kier alpha value is -2.24. The van der Waals surface area contributed by atoms with Crippen LogP contribution in [0.2, 0.25) is 0 Å². The summed E-state index contributed by atoms with van der Waals surface area (Å²) < 4.78 is 5.48. The molecule has 23 heavy (non-hydrogen) atoms. The highest BCUT2D eigenvalue weighted by Crippen LogP contribution is 2.21. The molecule has 1 amide bonds. The van der Waals surface area contributed by atoms with Crippen molar-refractivity contribution in [2.24, 2.45) is 0 Å². The first-order chi connectivity index (χ1) is 10.8. The van der Waals surface area contributed by atoms with Crippen LogP contribution < -0.4 is 4.90 Å². The highest BCUT2D eigenvalue weighted by molar-refractivity contribution is 5.77. The van der Waals surface area contributed by atoms with E-state index in [-0.39, 0.29) is 12.1 Å². The maximum absolute atomic E-state index is 12.3. The zero-order chi connectivity index (χ0) is 16.6. The van der Waals surface area contributed by atoms with Crippen molar-refractivity contribution in [3.63, 3.8) is 0 Å². The van der Waals surface area contributed by atoms with Gasteiger partial charge in [0.25, 0.3) is 0 Å². The molecule has 0 aliphatic carbocycles. The van der Waals surface area contributed by atoms with Crippen molar-refractivity contribution in [2.75, 3.05) is 24.5 Å². The molecule has 124 valence electrons. The molecule has 0 bridgehead atoms. The van der Waals surface area contributed by atoms with Crippen LogP contribution in [-0.4, -0.2) is 52.2 Å². The number of ether oxygens (including phenoxy) is 1. The fraction of sp³-hybridized carbons (Fsp3) is 0.529. The average Bonchev–Trinajstić information content (AvgIpc) is 2.89. The number of nitrogens with zero attached hydrogens (tertiary/aromatic N) is 3. The Kier molecular flexibility index (Phi) is 3.92. The Bertz CT molecular complexity index is 671. The average molecular weight is 316 g/mol. The molecule has 1 aromatic carbocycles. The van der Waals surface area contributed by atoms with Crippen LogP contribution in [0, 0.1) is 0 Å². The number of anilines is 1. The van der Waals surface area contributed by atoms with Gasteiger partial charge in [0, 0.05) is 25.7 Å². The lowest BCUT2D eigenvalue weighted by atomic mass is 10.2. The summed E-state index contributed by atoms with van der Waals surface area (Å²) >= 11 is 0. The van der Waals surface area contributed by atoms with Gasteiger partial charge in [0.1, 0.15) is 5.60 Å². The van der Waals surface area contributed by atoms with Gasteiger partial charge in [-0.2, -0.15) is 0 Å². The van der Waals surface area contributed by atoms with E-state index >= 15 is 0 Å². The van der Waals surface area contributed by atoms with E-state index in [0.717, 1.165) is 30.1 Å². The summed E-state index contributed by atoms with van der Waals surface area (Å²) in [4.78, 5) is 24.2. The van der Waals surface area contributed by atoms with Crippen LogP contribution in [0.4, 0.5) is 10.7 Å². The quantitative estimate of drug-likeness (QED) is 0.878. The van der Waals surface area contributed by atoms with E-state index in [1.807, 2.05) is 52.0 Å². The van der Waals surface area contributed by atoms with E-state index in [4.69, 9.17) is 4.74 Å². The number of hydrogen-bond acceptors (Lipinski definition) is 4. The molecule has 0 saturated carbocycles. The van der Waals surface area contributed by atoms with E-state index in [1.165, 1.54) is 0 Å². The Morgan fingerprint density at radius 3 is 2.70 bits per heavy atom. The Balaban J connectivity index is 1.69. The van der Waals surface area contributed by atoms with Crippen molar-refractivity contribution < 1.29 is 9.53 Å². The van der Waals surface area contributed by atoms with Gasteiger partial charge in [-0.3, -0.25) is 0 Å². The first-order valence-corrected chi connectivity index (χ1v) is 8.03. The maximum atomic E-state index is 12.3. The van der Waals surface area contributed by atoms with E-state index in [9.17, 15) is 4.79 Å². The Morgan fingerprint density at radius 2 is 2.04 bits per heavy atom. The number of aromatic amines is 1. The number of benzene rings is 1. The summed E-state index contributed by atoms with van der Waals surface area (Å²) in [6.45, 7) is 9.81. The number of para-hydroxylation sites is 2. The number of fused-ring (bicyclic) bond motifs is 1. The fourth-order valence-electron chi connectivity index (χ4n) is 2.83. The predicted octanol–water partition coefficient (Wildman–Crippen LogP) is 3.01. The number of H-pyrrole nitrogens is 1. The minimum atomic E-state index is -0.466. The minimum Gasteiger partial charge on any atom is -0.444 e. The smallest absolute Gasteiger partial charge is 0.410 e. The molecule has 6 heteroatoms. The SMILES string of the molecule is C[C@@H]1CN(c2nc3ccccc3[nH]2)CCN1C(=O)OC(C)(C)C. The Morgan fingerprint density at radius 1 is 1.30 bits per heavy atom. The first kappa shape index (κ1) is 15.6. The van der Waals surface area contributed by atoms with Crippen LogP contribution in [0.3, 0.4) is 0 Å².